The van der Waals surface area contributed by atoms with Crippen molar-refractivity contribution in [3.8, 4) is 5.75 Å². The van der Waals surface area contributed by atoms with Gasteiger partial charge < -0.3 is 65.0 Å². The molecule has 59 heavy (non-hydrogen) atoms. The minimum absolute atomic E-state index is 0.00877. The molecule has 0 aliphatic carbocycles. The smallest absolute Gasteiger partial charge is 0.326 e. The molecule has 0 unspecified atom stereocenters. The quantitative estimate of drug-likeness (QED) is 0.0316. The van der Waals surface area contributed by atoms with Gasteiger partial charge in [-0.1, -0.05) is 46.2 Å². The summed E-state index contributed by atoms with van der Waals surface area (Å²) < 4.78 is 0. The Hall–Kier alpha value is -5.66. The summed E-state index contributed by atoms with van der Waals surface area (Å²) >= 11 is 0. The molecular weight excluding hydrogens is 765 g/mol. The molecule has 1 aromatic rings. The maximum Gasteiger partial charge on any atom is 0.326 e. The number of hydrogen-bond donors (Lipinski definition) is 11. The third-order valence-corrected chi connectivity index (χ3v) is 10.1. The van der Waals surface area contributed by atoms with E-state index >= 15 is 0 Å². The van der Waals surface area contributed by atoms with E-state index in [1.54, 1.807) is 19.1 Å². The SMILES string of the molecule is CC[C@H](C)[C@H](NC(=O)[C@H](Cc1ccc(O)cc1)NC(=O)[C@@H]1CCCN1C(=O)[C@H](CCCN=C(N)N)NC(=O)[C@@H](N)CCCCN=C(N)N)C(=O)N[C@@H](CC(C)C)C(=O)O. The van der Waals surface area contributed by atoms with Crippen molar-refractivity contribution in [1.82, 2.24) is 26.2 Å². The molecule has 1 fully saturated rings. The summed E-state index contributed by atoms with van der Waals surface area (Å²) in [6.07, 6.45) is 3.20. The van der Waals surface area contributed by atoms with Crippen LogP contribution in [0.25, 0.3) is 0 Å². The van der Waals surface area contributed by atoms with Crippen molar-refractivity contribution in [3.63, 3.8) is 0 Å². The van der Waals surface area contributed by atoms with Crippen LogP contribution in [0.2, 0.25) is 0 Å². The Morgan fingerprint density at radius 1 is 0.797 bits per heavy atom. The Labute approximate surface area is 345 Å². The van der Waals surface area contributed by atoms with Crippen LogP contribution in [0.5, 0.6) is 5.75 Å². The third kappa shape index (κ3) is 17.4. The Bertz CT molecular complexity index is 1610. The highest BCUT2D eigenvalue weighted by atomic mass is 16.4. The van der Waals surface area contributed by atoms with Gasteiger partial charge in [0, 0.05) is 26.1 Å². The van der Waals surface area contributed by atoms with Crippen LogP contribution in [0.3, 0.4) is 0 Å². The van der Waals surface area contributed by atoms with Crippen molar-refractivity contribution in [2.45, 2.75) is 128 Å². The van der Waals surface area contributed by atoms with Gasteiger partial charge in [-0.15, -0.1) is 0 Å². The van der Waals surface area contributed by atoms with Crippen LogP contribution in [-0.4, -0.2) is 118 Å². The van der Waals surface area contributed by atoms with Crippen molar-refractivity contribution in [1.29, 1.82) is 0 Å². The first-order chi connectivity index (χ1) is 27.8. The fraction of sp³-hybridized carbons (Fsp3) is 0.641. The van der Waals surface area contributed by atoms with E-state index in [-0.39, 0.29) is 62.4 Å². The molecule has 7 atom stereocenters. The van der Waals surface area contributed by atoms with Crippen LogP contribution in [0.1, 0.15) is 91.0 Å². The standard InChI is InChI=1S/C39H66N12O8/c1-5-23(4)31(35(56)49-29(37(58)59)20-22(2)3)50-33(54)28(21-24-13-15-25(52)16-14-24)48-34(55)30-12-9-19-51(30)36(57)27(11-8-18-46-39(43)44)47-32(53)26(40)10-6-7-17-45-38(41)42/h13-16,22-23,26-31,52H,5-12,17-21,40H2,1-4H3,(H,47,53)(H,48,55)(H,49,56)(H,50,54)(H,58,59)(H4,41,42,45)(H4,43,44,46)/t23-,26-,27-,28-,29-,30-,31-/m0/s1. The second kappa shape index (κ2) is 25.0. The minimum atomic E-state index is -1.25. The van der Waals surface area contributed by atoms with Crippen molar-refractivity contribution in [2.75, 3.05) is 19.6 Å². The molecule has 0 saturated carbocycles. The van der Waals surface area contributed by atoms with Crippen molar-refractivity contribution >= 4 is 47.4 Å². The number of carbonyl (C=O) groups is 6. The zero-order valence-corrected chi connectivity index (χ0v) is 34.7. The van der Waals surface area contributed by atoms with Gasteiger partial charge in [-0.2, -0.15) is 0 Å². The van der Waals surface area contributed by atoms with Gasteiger partial charge in [0.25, 0.3) is 0 Å². The van der Waals surface area contributed by atoms with Crippen LogP contribution < -0.4 is 49.9 Å². The lowest BCUT2D eigenvalue weighted by Crippen LogP contribution is -2.60. The van der Waals surface area contributed by atoms with Crippen molar-refractivity contribution in [3.05, 3.63) is 29.8 Å². The largest absolute Gasteiger partial charge is 0.508 e. The highest BCUT2D eigenvalue weighted by Crippen LogP contribution is 2.21. The lowest BCUT2D eigenvalue weighted by atomic mass is 9.96. The van der Waals surface area contributed by atoms with Gasteiger partial charge in [0.05, 0.1) is 6.04 Å². The number of nitrogens with one attached hydrogen (secondary N) is 4. The fourth-order valence-corrected chi connectivity index (χ4v) is 6.61. The van der Waals surface area contributed by atoms with Crippen LogP contribution in [0.15, 0.2) is 34.3 Å². The van der Waals surface area contributed by atoms with Crippen LogP contribution in [0.4, 0.5) is 0 Å². The summed E-state index contributed by atoms with van der Waals surface area (Å²) in [4.78, 5) is 90.3. The van der Waals surface area contributed by atoms with Gasteiger partial charge in [0.15, 0.2) is 11.9 Å². The molecular formula is C39H66N12O8. The van der Waals surface area contributed by atoms with E-state index < -0.39 is 77.7 Å². The molecule has 0 aromatic heterocycles. The normalized spacial score (nSPS) is 16.7. The molecule has 1 aliphatic heterocycles. The number of likely N-dealkylation sites (tertiary alicyclic amines) is 1. The Morgan fingerprint density at radius 2 is 1.41 bits per heavy atom. The van der Waals surface area contributed by atoms with Crippen molar-refractivity contribution in [2.24, 2.45) is 50.5 Å². The molecule has 5 amide bonds. The molecule has 2 rings (SSSR count). The van der Waals surface area contributed by atoms with E-state index in [4.69, 9.17) is 28.7 Å². The maximum atomic E-state index is 14.2. The molecule has 1 aliphatic rings. The summed E-state index contributed by atoms with van der Waals surface area (Å²) in [6.45, 7) is 7.97. The van der Waals surface area contributed by atoms with Crippen LogP contribution in [0, 0.1) is 11.8 Å². The number of aromatic hydroxyl groups is 1. The number of aliphatic carboxylic acids is 1. The van der Waals surface area contributed by atoms with E-state index in [1.807, 2.05) is 20.8 Å². The third-order valence-electron chi connectivity index (χ3n) is 10.1. The highest BCUT2D eigenvalue weighted by molar-refractivity contribution is 5.96. The van der Waals surface area contributed by atoms with Crippen molar-refractivity contribution < 1.29 is 39.0 Å². The second-order valence-corrected chi connectivity index (χ2v) is 15.4. The van der Waals surface area contributed by atoms with E-state index in [2.05, 4.69) is 31.3 Å². The number of carboxylic acid groups (broad SMARTS) is 1. The summed E-state index contributed by atoms with van der Waals surface area (Å²) in [5.41, 5.74) is 28.4. The van der Waals surface area contributed by atoms with E-state index in [0.29, 0.717) is 50.6 Å². The van der Waals surface area contributed by atoms with Crippen LogP contribution in [-0.2, 0) is 35.2 Å². The minimum Gasteiger partial charge on any atom is -0.508 e. The van der Waals surface area contributed by atoms with Gasteiger partial charge in [0.1, 0.15) is 36.0 Å². The number of guanidine groups is 2. The molecule has 20 nitrogen and oxygen atoms in total. The summed E-state index contributed by atoms with van der Waals surface area (Å²) in [6, 6.07) is -0.575. The Kier molecular flexibility index (Phi) is 20.9. The Morgan fingerprint density at radius 3 is 1.98 bits per heavy atom. The molecule has 0 spiro atoms. The number of nitrogens with two attached hydrogens (primary N) is 5. The maximum absolute atomic E-state index is 14.2. The van der Waals surface area contributed by atoms with Crippen LogP contribution >= 0.6 is 0 Å². The number of amides is 5. The molecule has 1 heterocycles. The number of rotatable bonds is 25. The lowest BCUT2D eigenvalue weighted by molar-refractivity contribution is -0.143. The monoisotopic (exact) mass is 831 g/mol. The molecule has 330 valence electrons. The van der Waals surface area contributed by atoms with Gasteiger partial charge >= 0.3 is 5.97 Å². The predicted molar refractivity (Wildman–Crippen MR) is 223 cm³/mol. The van der Waals surface area contributed by atoms with E-state index in [9.17, 15) is 39.0 Å². The first kappa shape index (κ1) is 49.5. The number of unbranched alkanes of at least 4 members (excludes halogenated alkanes) is 1. The summed E-state index contributed by atoms with van der Waals surface area (Å²) in [5.74, 6) is -4.95. The van der Waals surface area contributed by atoms with E-state index in [0.717, 1.165) is 0 Å². The zero-order chi connectivity index (χ0) is 44.2. The molecule has 0 radical (unpaired) electrons. The number of benzene rings is 1. The number of aliphatic imine (C=N–C) groups is 2. The number of phenols is 1. The van der Waals surface area contributed by atoms with Gasteiger partial charge in [-0.05, 0) is 80.9 Å². The second-order valence-electron chi connectivity index (χ2n) is 15.4. The summed E-state index contributed by atoms with van der Waals surface area (Å²) in [5, 5.41) is 30.5. The molecule has 1 saturated heterocycles. The molecule has 16 N–H and O–H groups in total. The van der Waals surface area contributed by atoms with E-state index in [1.165, 1.54) is 17.0 Å². The number of phenolic OH excluding ortho intramolecular Hbond substituents is 1. The molecule has 1 aromatic carbocycles. The fourth-order valence-electron chi connectivity index (χ4n) is 6.61. The van der Waals surface area contributed by atoms with Gasteiger partial charge in [-0.3, -0.25) is 34.0 Å². The average molecular weight is 831 g/mol. The average Bonchev–Trinajstić information content (AvgIpc) is 3.67. The first-order valence-corrected chi connectivity index (χ1v) is 20.2. The Balaban J connectivity index is 2.34. The number of hydrogen-bond acceptors (Lipinski definition) is 10. The number of nitrogens with zero attached hydrogens (tertiary/aromatic N) is 3. The number of carboxylic acids is 1. The van der Waals surface area contributed by atoms with Gasteiger partial charge in [-0.25, -0.2) is 4.79 Å². The first-order valence-electron chi connectivity index (χ1n) is 20.2. The predicted octanol–water partition coefficient (Wildman–Crippen LogP) is -1.13. The molecule has 20 heteroatoms. The zero-order valence-electron chi connectivity index (χ0n) is 34.7. The number of carbonyl (C=O) groups excluding carboxylic acids is 5. The lowest BCUT2D eigenvalue weighted by Gasteiger charge is -2.31. The summed E-state index contributed by atoms with van der Waals surface area (Å²) in [7, 11) is 0. The molecule has 0 bridgehead atoms. The van der Waals surface area contributed by atoms with Gasteiger partial charge in [0.2, 0.25) is 29.5 Å². The topological polar surface area (TPSA) is 349 Å². The highest BCUT2D eigenvalue weighted by Gasteiger charge is 2.40.